The summed E-state index contributed by atoms with van der Waals surface area (Å²) in [6.45, 7) is 0.569. The van der Waals surface area contributed by atoms with E-state index in [4.69, 9.17) is 16.2 Å². The molecule has 0 bridgehead atoms. The van der Waals surface area contributed by atoms with E-state index in [1.54, 1.807) is 0 Å². The van der Waals surface area contributed by atoms with Gasteiger partial charge in [-0.1, -0.05) is 0 Å². The molecule has 4 N–H and O–H groups in total. The molecular formula is C8H14N2O2. The van der Waals surface area contributed by atoms with Gasteiger partial charge in [-0.15, -0.1) is 0 Å². The van der Waals surface area contributed by atoms with Crippen LogP contribution in [0.4, 0.5) is 0 Å². The summed E-state index contributed by atoms with van der Waals surface area (Å²) in [7, 11) is 0. The lowest BCUT2D eigenvalue weighted by molar-refractivity contribution is -0.130. The molecule has 2 aliphatic rings. The summed E-state index contributed by atoms with van der Waals surface area (Å²) in [4.78, 5) is 11.0. The molecule has 0 aromatic rings. The number of ether oxygens (including phenoxy) is 1. The van der Waals surface area contributed by atoms with E-state index in [1.807, 2.05) is 0 Å². The highest BCUT2D eigenvalue weighted by Gasteiger charge is 2.53. The molecule has 0 aromatic heterocycles. The summed E-state index contributed by atoms with van der Waals surface area (Å²) in [5.74, 6) is -0.392. The van der Waals surface area contributed by atoms with Crippen LogP contribution in [0.2, 0.25) is 0 Å². The highest BCUT2D eigenvalue weighted by Crippen LogP contribution is 2.48. The van der Waals surface area contributed by atoms with Gasteiger partial charge in [-0.2, -0.15) is 0 Å². The third-order valence-corrected chi connectivity index (χ3v) is 2.89. The van der Waals surface area contributed by atoms with Crippen molar-refractivity contribution in [1.29, 1.82) is 0 Å². The van der Waals surface area contributed by atoms with Gasteiger partial charge >= 0.3 is 0 Å². The molecule has 2 fully saturated rings. The molecule has 4 nitrogen and oxygen atoms in total. The Balaban J connectivity index is 2.12. The highest BCUT2D eigenvalue weighted by molar-refractivity contribution is 5.84. The minimum Gasteiger partial charge on any atom is -0.375 e. The Bertz CT molecular complexity index is 225. The molecule has 1 aliphatic heterocycles. The second kappa shape index (κ2) is 2.20. The van der Waals surface area contributed by atoms with Gasteiger partial charge in [-0.05, 0) is 19.3 Å². The molecule has 2 rings (SSSR count). The standard InChI is InChI=1S/C8H14N2O2/c9-6(11)8(10)3-4-12-7(5-8)1-2-7/h1-5,10H2,(H2,9,11). The smallest absolute Gasteiger partial charge is 0.237 e. The Kier molecular flexibility index (Phi) is 1.47. The first-order valence-corrected chi connectivity index (χ1v) is 4.29. The number of carbonyl (C=O) groups excluding carboxylic acids is 1. The summed E-state index contributed by atoms with van der Waals surface area (Å²) >= 11 is 0. The first kappa shape index (κ1) is 8.01. The average Bonchev–Trinajstić information content (AvgIpc) is 2.68. The van der Waals surface area contributed by atoms with E-state index in [2.05, 4.69) is 0 Å². The number of primary amides is 1. The fraction of sp³-hybridized carbons (Fsp3) is 0.875. The molecule has 1 saturated heterocycles. The number of hydrogen-bond donors (Lipinski definition) is 2. The fourth-order valence-electron chi connectivity index (χ4n) is 1.83. The minimum absolute atomic E-state index is 0.0813. The lowest BCUT2D eigenvalue weighted by atomic mass is 9.86. The lowest BCUT2D eigenvalue weighted by Crippen LogP contribution is -2.57. The molecule has 1 aliphatic carbocycles. The van der Waals surface area contributed by atoms with Crippen molar-refractivity contribution in [2.45, 2.75) is 36.8 Å². The predicted octanol–water partition coefficient (Wildman–Crippen LogP) is -0.488. The molecule has 1 unspecified atom stereocenters. The maximum Gasteiger partial charge on any atom is 0.237 e. The molecule has 0 radical (unpaired) electrons. The number of amides is 1. The second-order valence-electron chi connectivity index (χ2n) is 3.98. The molecule has 12 heavy (non-hydrogen) atoms. The molecule has 1 atom stereocenters. The number of hydrogen-bond acceptors (Lipinski definition) is 3. The number of carbonyl (C=O) groups is 1. The zero-order valence-corrected chi connectivity index (χ0v) is 7.01. The molecular weight excluding hydrogens is 156 g/mol. The van der Waals surface area contributed by atoms with Gasteiger partial charge in [0.05, 0.1) is 5.60 Å². The van der Waals surface area contributed by atoms with Crippen LogP contribution in [0.3, 0.4) is 0 Å². The maximum atomic E-state index is 11.0. The van der Waals surface area contributed by atoms with Gasteiger partial charge < -0.3 is 16.2 Å². The van der Waals surface area contributed by atoms with Crippen LogP contribution in [0.5, 0.6) is 0 Å². The topological polar surface area (TPSA) is 78.3 Å². The van der Waals surface area contributed by atoms with E-state index < -0.39 is 11.4 Å². The Hall–Kier alpha value is -0.610. The number of rotatable bonds is 1. The third-order valence-electron chi connectivity index (χ3n) is 2.89. The van der Waals surface area contributed by atoms with Crippen LogP contribution in [0.15, 0.2) is 0 Å². The van der Waals surface area contributed by atoms with E-state index in [-0.39, 0.29) is 5.60 Å². The third kappa shape index (κ3) is 1.11. The van der Waals surface area contributed by atoms with Crippen molar-refractivity contribution in [1.82, 2.24) is 0 Å². The normalized spacial score (nSPS) is 38.1. The monoisotopic (exact) mass is 170 g/mol. The Morgan fingerprint density at radius 2 is 2.00 bits per heavy atom. The van der Waals surface area contributed by atoms with Crippen LogP contribution in [-0.2, 0) is 9.53 Å². The quantitative estimate of drug-likeness (QED) is 0.557. The average molecular weight is 170 g/mol. The van der Waals surface area contributed by atoms with Gasteiger partial charge in [0.25, 0.3) is 0 Å². The lowest BCUT2D eigenvalue weighted by Gasteiger charge is -2.35. The molecule has 1 saturated carbocycles. The van der Waals surface area contributed by atoms with Crippen LogP contribution < -0.4 is 11.5 Å². The summed E-state index contributed by atoms with van der Waals surface area (Å²) in [6, 6.07) is 0. The van der Waals surface area contributed by atoms with Crippen molar-refractivity contribution in [2.75, 3.05) is 6.61 Å². The van der Waals surface area contributed by atoms with Crippen LogP contribution in [0, 0.1) is 0 Å². The van der Waals surface area contributed by atoms with Gasteiger partial charge in [-0.3, -0.25) is 4.79 Å². The molecule has 1 spiro atoms. The van der Waals surface area contributed by atoms with Gasteiger partial charge in [0, 0.05) is 13.0 Å². The Morgan fingerprint density at radius 3 is 2.50 bits per heavy atom. The molecule has 1 amide bonds. The van der Waals surface area contributed by atoms with Crippen molar-refractivity contribution in [2.24, 2.45) is 11.5 Å². The van der Waals surface area contributed by atoms with Crippen molar-refractivity contribution in [3.05, 3.63) is 0 Å². The van der Waals surface area contributed by atoms with Gasteiger partial charge in [0.2, 0.25) is 5.91 Å². The SMILES string of the molecule is NC(=O)C1(N)CCOC2(CC2)C1. The second-order valence-corrected chi connectivity index (χ2v) is 3.98. The van der Waals surface area contributed by atoms with E-state index in [0.29, 0.717) is 19.4 Å². The van der Waals surface area contributed by atoms with E-state index in [1.165, 1.54) is 0 Å². The Morgan fingerprint density at radius 1 is 1.33 bits per heavy atom. The summed E-state index contributed by atoms with van der Waals surface area (Å²) < 4.78 is 5.53. The van der Waals surface area contributed by atoms with E-state index in [9.17, 15) is 4.79 Å². The maximum absolute atomic E-state index is 11.0. The predicted molar refractivity (Wildman–Crippen MR) is 43.3 cm³/mol. The van der Waals surface area contributed by atoms with Crippen molar-refractivity contribution in [3.63, 3.8) is 0 Å². The molecule has 68 valence electrons. The summed E-state index contributed by atoms with van der Waals surface area (Å²) in [5.41, 5.74) is 10.2. The first-order valence-electron chi connectivity index (χ1n) is 4.29. The highest BCUT2D eigenvalue weighted by atomic mass is 16.5. The van der Waals surface area contributed by atoms with Crippen LogP contribution >= 0.6 is 0 Å². The van der Waals surface area contributed by atoms with Crippen LogP contribution in [-0.4, -0.2) is 23.7 Å². The van der Waals surface area contributed by atoms with Crippen molar-refractivity contribution in [3.8, 4) is 0 Å². The zero-order chi connectivity index (χ0) is 8.82. The molecule has 1 heterocycles. The summed E-state index contributed by atoms with van der Waals surface area (Å²) in [6.07, 6.45) is 3.22. The van der Waals surface area contributed by atoms with E-state index in [0.717, 1.165) is 12.8 Å². The molecule has 4 heteroatoms. The minimum atomic E-state index is -0.811. The first-order chi connectivity index (χ1) is 5.56. The van der Waals surface area contributed by atoms with Gasteiger partial charge in [0.15, 0.2) is 0 Å². The van der Waals surface area contributed by atoms with Crippen LogP contribution in [0.25, 0.3) is 0 Å². The van der Waals surface area contributed by atoms with Gasteiger partial charge in [0.1, 0.15) is 5.54 Å². The fourth-order valence-corrected chi connectivity index (χ4v) is 1.83. The molecule has 0 aromatic carbocycles. The summed E-state index contributed by atoms with van der Waals surface area (Å²) in [5, 5.41) is 0. The zero-order valence-electron chi connectivity index (χ0n) is 7.01. The van der Waals surface area contributed by atoms with E-state index >= 15 is 0 Å². The largest absolute Gasteiger partial charge is 0.375 e. The van der Waals surface area contributed by atoms with Crippen LogP contribution in [0.1, 0.15) is 25.7 Å². The number of nitrogens with two attached hydrogens (primary N) is 2. The van der Waals surface area contributed by atoms with Crippen molar-refractivity contribution < 1.29 is 9.53 Å². The van der Waals surface area contributed by atoms with Crippen molar-refractivity contribution >= 4 is 5.91 Å². The van der Waals surface area contributed by atoms with Gasteiger partial charge in [-0.25, -0.2) is 0 Å². The Labute approximate surface area is 71.2 Å².